The second kappa shape index (κ2) is 15.0. The van der Waals surface area contributed by atoms with Crippen LogP contribution in [0.3, 0.4) is 0 Å². The Morgan fingerprint density at radius 1 is 0.750 bits per heavy atom. The van der Waals surface area contributed by atoms with Crippen molar-refractivity contribution in [1.29, 1.82) is 0 Å². The molecule has 0 aliphatic rings. The molecular formula is C39H32N4O4S. The topological polar surface area (TPSA) is 112 Å². The molecule has 238 valence electrons. The first-order valence-electron chi connectivity index (χ1n) is 15.2. The van der Waals surface area contributed by atoms with E-state index in [4.69, 9.17) is 4.74 Å². The molecule has 1 unspecified atom stereocenters. The first-order valence-corrected chi connectivity index (χ1v) is 16.1. The van der Waals surface area contributed by atoms with E-state index in [-0.39, 0.29) is 11.6 Å². The van der Waals surface area contributed by atoms with Crippen molar-refractivity contribution in [2.75, 3.05) is 17.7 Å². The highest BCUT2D eigenvalue weighted by molar-refractivity contribution is 8.00. The van der Waals surface area contributed by atoms with Crippen molar-refractivity contribution in [3.63, 3.8) is 0 Å². The highest BCUT2D eigenvalue weighted by Gasteiger charge is 2.23. The molecule has 0 saturated heterocycles. The number of ether oxygens (including phenoxy) is 1. The van der Waals surface area contributed by atoms with Crippen LogP contribution < -0.4 is 20.7 Å². The number of aromatic nitrogens is 1. The lowest BCUT2D eigenvalue weighted by Gasteiger charge is -2.18. The van der Waals surface area contributed by atoms with Crippen molar-refractivity contribution < 1.29 is 19.1 Å². The third-order valence-electron chi connectivity index (χ3n) is 7.49. The number of aromatic amines is 1. The van der Waals surface area contributed by atoms with Gasteiger partial charge in [0.25, 0.3) is 11.8 Å². The summed E-state index contributed by atoms with van der Waals surface area (Å²) < 4.78 is 5.30. The maximum Gasteiger partial charge on any atom is 0.272 e. The molecule has 4 N–H and O–H groups in total. The molecule has 0 fully saturated rings. The van der Waals surface area contributed by atoms with E-state index in [9.17, 15) is 14.4 Å². The van der Waals surface area contributed by atoms with Crippen LogP contribution in [0.1, 0.15) is 26.7 Å². The summed E-state index contributed by atoms with van der Waals surface area (Å²) in [5.41, 5.74) is 4.20. The van der Waals surface area contributed by atoms with Crippen LogP contribution in [0, 0.1) is 0 Å². The van der Waals surface area contributed by atoms with E-state index in [2.05, 4.69) is 20.9 Å². The van der Waals surface area contributed by atoms with Gasteiger partial charge in [0.05, 0.1) is 7.11 Å². The Morgan fingerprint density at radius 3 is 2.21 bits per heavy atom. The average Bonchev–Trinajstić information content (AvgIpc) is 3.54. The van der Waals surface area contributed by atoms with Gasteiger partial charge in [-0.3, -0.25) is 14.4 Å². The van der Waals surface area contributed by atoms with Gasteiger partial charge in [-0.15, -0.1) is 11.8 Å². The fourth-order valence-corrected chi connectivity index (χ4v) is 6.10. The third kappa shape index (κ3) is 7.83. The Morgan fingerprint density at radius 2 is 1.46 bits per heavy atom. The number of carbonyl (C=O) groups is 3. The molecule has 48 heavy (non-hydrogen) atoms. The number of H-pyrrole nitrogens is 1. The molecule has 1 atom stereocenters. The lowest BCUT2D eigenvalue weighted by atomic mass is 10.1. The van der Waals surface area contributed by atoms with E-state index in [1.807, 2.05) is 91.0 Å². The number of amides is 3. The molecule has 0 aliphatic carbocycles. The minimum absolute atomic E-state index is 0.0883. The van der Waals surface area contributed by atoms with Gasteiger partial charge < -0.3 is 25.7 Å². The summed E-state index contributed by atoms with van der Waals surface area (Å²) in [5, 5.41) is 9.07. The summed E-state index contributed by atoms with van der Waals surface area (Å²) >= 11 is 1.40. The summed E-state index contributed by atoms with van der Waals surface area (Å²) in [6.07, 6.45) is 3.46. The van der Waals surface area contributed by atoms with Gasteiger partial charge >= 0.3 is 0 Å². The molecule has 0 aliphatic heterocycles. The number of hydrogen-bond donors (Lipinski definition) is 4. The number of thioether (sulfide) groups is 1. The Kier molecular flexibility index (Phi) is 9.98. The fraction of sp³-hybridized carbons (Fsp3) is 0.0513. The molecule has 0 radical (unpaired) electrons. The first kappa shape index (κ1) is 31.9. The van der Waals surface area contributed by atoms with Crippen molar-refractivity contribution in [3.8, 4) is 5.75 Å². The van der Waals surface area contributed by atoms with Gasteiger partial charge in [-0.25, -0.2) is 0 Å². The second-order valence-electron chi connectivity index (χ2n) is 10.8. The van der Waals surface area contributed by atoms with Crippen LogP contribution in [0.4, 0.5) is 11.4 Å². The Hall–Kier alpha value is -6.06. The quantitative estimate of drug-likeness (QED) is 0.0836. The maximum atomic E-state index is 13.6. The van der Waals surface area contributed by atoms with Crippen LogP contribution in [-0.2, 0) is 9.59 Å². The Balaban J connectivity index is 1.20. The molecule has 3 amide bonds. The van der Waals surface area contributed by atoms with E-state index in [0.29, 0.717) is 22.7 Å². The number of anilines is 2. The molecule has 0 saturated carbocycles. The zero-order valence-corrected chi connectivity index (χ0v) is 26.8. The second-order valence-corrected chi connectivity index (χ2v) is 12.0. The Labute approximate surface area is 282 Å². The predicted octanol–water partition coefficient (Wildman–Crippen LogP) is 8.06. The highest BCUT2D eigenvalue weighted by atomic mass is 32.2. The predicted molar refractivity (Wildman–Crippen MR) is 192 cm³/mol. The minimum atomic E-state index is -0.545. The van der Waals surface area contributed by atoms with Crippen LogP contribution in [0.15, 0.2) is 150 Å². The number of fused-ring (bicyclic) bond motifs is 1. The van der Waals surface area contributed by atoms with Gasteiger partial charge in [-0.05, 0) is 66.2 Å². The molecular weight excluding hydrogens is 621 g/mol. The lowest BCUT2D eigenvalue weighted by molar-refractivity contribution is -0.116. The van der Waals surface area contributed by atoms with Crippen LogP contribution in [0.2, 0.25) is 0 Å². The Bertz CT molecular complexity index is 2080. The molecule has 6 rings (SSSR count). The number of hydrogen-bond acceptors (Lipinski definition) is 5. The molecule has 6 aromatic rings. The summed E-state index contributed by atoms with van der Waals surface area (Å²) in [7, 11) is 1.58. The van der Waals surface area contributed by atoms with Crippen molar-refractivity contribution in [3.05, 3.63) is 162 Å². The van der Waals surface area contributed by atoms with Crippen molar-refractivity contribution in [1.82, 2.24) is 10.3 Å². The van der Waals surface area contributed by atoms with Gasteiger partial charge in [-0.2, -0.15) is 0 Å². The van der Waals surface area contributed by atoms with Crippen molar-refractivity contribution in [2.24, 2.45) is 0 Å². The molecule has 8 nitrogen and oxygen atoms in total. The van der Waals surface area contributed by atoms with E-state index in [1.165, 1.54) is 11.8 Å². The number of methoxy groups -OCH3 is 1. The fourth-order valence-electron chi connectivity index (χ4n) is 5.07. The molecule has 1 heterocycles. The van der Waals surface area contributed by atoms with Gasteiger partial charge in [0.2, 0.25) is 5.91 Å². The monoisotopic (exact) mass is 652 g/mol. The SMILES string of the molecule is COc1cccc(NC(=O)C(Sc2ccc(NC(=O)C(=Cc3c[nH]c4ccccc34)NC(=O)c3ccccc3)cc2)c2ccccc2)c1. The van der Waals surface area contributed by atoms with Gasteiger partial charge in [0, 0.05) is 50.6 Å². The molecule has 0 spiro atoms. The number of para-hydroxylation sites is 1. The molecule has 0 bridgehead atoms. The van der Waals surface area contributed by atoms with Crippen LogP contribution in [0.25, 0.3) is 17.0 Å². The smallest absolute Gasteiger partial charge is 0.272 e. The zero-order chi connectivity index (χ0) is 33.3. The average molecular weight is 653 g/mol. The van der Waals surface area contributed by atoms with Gasteiger partial charge in [0.1, 0.15) is 16.7 Å². The van der Waals surface area contributed by atoms with Crippen molar-refractivity contribution >= 4 is 57.8 Å². The van der Waals surface area contributed by atoms with E-state index >= 15 is 0 Å². The van der Waals surface area contributed by atoms with Crippen LogP contribution >= 0.6 is 11.8 Å². The van der Waals surface area contributed by atoms with E-state index in [1.54, 1.807) is 61.8 Å². The van der Waals surface area contributed by atoms with Crippen molar-refractivity contribution in [2.45, 2.75) is 10.1 Å². The standard InChI is InChI=1S/C39H32N4O4S/c1-47-31-16-10-15-30(24-31)42-39(46)36(26-11-4-2-5-12-26)48-32-21-19-29(20-22-32)41-38(45)35(43-37(44)27-13-6-3-7-14-27)23-28-25-40-34-18-9-8-17-33(28)34/h2-25,36,40H,1H3,(H,41,45)(H,42,46)(H,43,44). The highest BCUT2D eigenvalue weighted by Crippen LogP contribution is 2.37. The lowest BCUT2D eigenvalue weighted by Crippen LogP contribution is -2.30. The number of benzene rings is 5. The number of nitrogens with one attached hydrogen (secondary N) is 4. The molecule has 9 heteroatoms. The largest absolute Gasteiger partial charge is 0.497 e. The first-order chi connectivity index (χ1) is 23.5. The normalized spacial score (nSPS) is 11.8. The molecule has 1 aromatic heterocycles. The summed E-state index contributed by atoms with van der Waals surface area (Å²) in [6, 6.07) is 40.5. The van der Waals surface area contributed by atoms with E-state index in [0.717, 1.165) is 26.9 Å². The number of rotatable bonds is 11. The maximum absolute atomic E-state index is 13.6. The number of carbonyl (C=O) groups excluding carboxylic acids is 3. The van der Waals surface area contributed by atoms with Gasteiger partial charge in [-0.1, -0.05) is 72.8 Å². The summed E-state index contributed by atoms with van der Waals surface area (Å²) in [5.74, 6) is -0.418. The van der Waals surface area contributed by atoms with E-state index < -0.39 is 17.1 Å². The molecule has 5 aromatic carbocycles. The zero-order valence-electron chi connectivity index (χ0n) is 26.0. The minimum Gasteiger partial charge on any atom is -0.497 e. The van der Waals surface area contributed by atoms with Crippen LogP contribution in [0.5, 0.6) is 5.75 Å². The van der Waals surface area contributed by atoms with Crippen LogP contribution in [-0.4, -0.2) is 29.8 Å². The van der Waals surface area contributed by atoms with Gasteiger partial charge in [0.15, 0.2) is 0 Å². The third-order valence-corrected chi connectivity index (χ3v) is 8.76. The summed E-state index contributed by atoms with van der Waals surface area (Å²) in [6.45, 7) is 0. The summed E-state index contributed by atoms with van der Waals surface area (Å²) in [4.78, 5) is 44.3.